The molecule has 1 aliphatic rings. The average molecular weight is 390 g/mol. The molecule has 0 N–H and O–H groups in total. The van der Waals surface area contributed by atoms with Crippen molar-refractivity contribution in [2.75, 3.05) is 7.11 Å². The fourth-order valence-electron chi connectivity index (χ4n) is 3.70. The highest BCUT2D eigenvalue weighted by molar-refractivity contribution is 5.71. The van der Waals surface area contributed by atoms with Gasteiger partial charge in [0.15, 0.2) is 11.6 Å². The van der Waals surface area contributed by atoms with Gasteiger partial charge < -0.3 is 13.7 Å². The number of nitrogens with zero attached hydrogens (tertiary/aromatic N) is 6. The summed E-state index contributed by atoms with van der Waals surface area (Å²) in [6.45, 7) is 7.18. The minimum atomic E-state index is 0.287. The first-order valence-corrected chi connectivity index (χ1v) is 9.61. The second kappa shape index (κ2) is 6.66. The molecule has 4 heterocycles. The molecule has 0 fully saturated rings. The molecule has 1 aromatic carbocycles. The maximum Gasteiger partial charge on any atom is 0.247 e. The summed E-state index contributed by atoms with van der Waals surface area (Å²) in [7, 11) is 1.66. The quantitative estimate of drug-likeness (QED) is 0.465. The van der Waals surface area contributed by atoms with Crippen molar-refractivity contribution in [3.05, 3.63) is 53.6 Å². The molecule has 8 nitrogen and oxygen atoms in total. The van der Waals surface area contributed by atoms with Gasteiger partial charge in [-0.25, -0.2) is 9.97 Å². The van der Waals surface area contributed by atoms with E-state index < -0.39 is 0 Å². The Kier molecular flexibility index (Phi) is 4.09. The zero-order valence-electron chi connectivity index (χ0n) is 16.9. The normalized spacial score (nSPS) is 12.6. The second-order valence-corrected chi connectivity index (χ2v) is 7.62. The number of imidazole rings is 1. The molecule has 148 valence electrons. The van der Waals surface area contributed by atoms with E-state index in [9.17, 15) is 0 Å². The van der Waals surface area contributed by atoms with Gasteiger partial charge in [0.2, 0.25) is 5.89 Å². The summed E-state index contributed by atoms with van der Waals surface area (Å²) in [4.78, 5) is 9.31. The smallest absolute Gasteiger partial charge is 0.247 e. The first-order chi connectivity index (χ1) is 14.1. The molecular formula is C21H22N6O2. The molecule has 0 saturated heterocycles. The lowest BCUT2D eigenvalue weighted by Gasteiger charge is -2.09. The third-order valence-electron chi connectivity index (χ3n) is 5.24. The standard InChI is InChI=1S/C21H22N6O2/c1-12(2)15-9-29-21(23-15)19-17-8-26-18(10-28-4)24-25-20(26)14-7-13(3)5-6-16(14)27(17)11-22-19/h5-7,9,11-12H,8,10H2,1-4H3. The number of aromatic nitrogens is 6. The predicted octanol–water partition coefficient (Wildman–Crippen LogP) is 3.73. The molecular weight excluding hydrogens is 368 g/mol. The van der Waals surface area contributed by atoms with Crippen molar-refractivity contribution in [1.82, 2.24) is 29.3 Å². The molecule has 0 aliphatic carbocycles. The van der Waals surface area contributed by atoms with Crippen molar-refractivity contribution in [3.63, 3.8) is 0 Å². The summed E-state index contributed by atoms with van der Waals surface area (Å²) in [6.07, 6.45) is 3.54. The van der Waals surface area contributed by atoms with Crippen LogP contribution in [0, 0.1) is 6.92 Å². The van der Waals surface area contributed by atoms with E-state index in [2.05, 4.69) is 68.3 Å². The second-order valence-electron chi connectivity index (χ2n) is 7.62. The zero-order chi connectivity index (χ0) is 20.1. The van der Waals surface area contributed by atoms with Gasteiger partial charge in [0, 0.05) is 12.7 Å². The molecule has 8 heteroatoms. The van der Waals surface area contributed by atoms with E-state index in [0.29, 0.717) is 19.0 Å². The summed E-state index contributed by atoms with van der Waals surface area (Å²) in [5.74, 6) is 2.41. The monoisotopic (exact) mass is 390 g/mol. The molecule has 1 aliphatic heterocycles. The number of hydrogen-bond acceptors (Lipinski definition) is 6. The van der Waals surface area contributed by atoms with Gasteiger partial charge in [-0.05, 0) is 25.0 Å². The first kappa shape index (κ1) is 17.8. The number of hydrogen-bond donors (Lipinski definition) is 0. The van der Waals surface area contributed by atoms with Crippen molar-refractivity contribution in [3.8, 4) is 28.7 Å². The average Bonchev–Trinajstić information content (AvgIpc) is 3.40. The van der Waals surface area contributed by atoms with Crippen LogP contribution in [0.25, 0.3) is 28.7 Å². The maximum atomic E-state index is 5.78. The summed E-state index contributed by atoms with van der Waals surface area (Å²) >= 11 is 0. The number of aryl methyl sites for hydroxylation is 1. The number of fused-ring (bicyclic) bond motifs is 5. The maximum absolute atomic E-state index is 5.78. The zero-order valence-corrected chi connectivity index (χ0v) is 16.9. The summed E-state index contributed by atoms with van der Waals surface area (Å²) in [6, 6.07) is 6.31. The van der Waals surface area contributed by atoms with E-state index in [4.69, 9.17) is 9.15 Å². The third kappa shape index (κ3) is 2.79. The van der Waals surface area contributed by atoms with Crippen LogP contribution in [0.4, 0.5) is 0 Å². The van der Waals surface area contributed by atoms with Crippen molar-refractivity contribution in [2.45, 2.75) is 39.8 Å². The van der Waals surface area contributed by atoms with Crippen LogP contribution in [-0.2, 0) is 17.9 Å². The Bertz CT molecular complexity index is 1200. The molecule has 3 aromatic heterocycles. The summed E-state index contributed by atoms with van der Waals surface area (Å²) in [5.41, 5.74) is 5.80. The fraction of sp³-hybridized carbons (Fsp3) is 0.333. The molecule has 5 rings (SSSR count). The van der Waals surface area contributed by atoms with Crippen molar-refractivity contribution >= 4 is 0 Å². The Labute approximate surface area is 168 Å². The number of rotatable bonds is 4. The summed E-state index contributed by atoms with van der Waals surface area (Å²) < 4.78 is 15.3. The Balaban J connectivity index is 1.74. The molecule has 0 amide bonds. The van der Waals surface area contributed by atoms with Gasteiger partial charge in [-0.15, -0.1) is 10.2 Å². The Morgan fingerprint density at radius 2 is 2.10 bits per heavy atom. The van der Waals surface area contributed by atoms with Crippen LogP contribution < -0.4 is 0 Å². The molecule has 0 saturated carbocycles. The van der Waals surface area contributed by atoms with Crippen molar-refractivity contribution in [1.29, 1.82) is 0 Å². The van der Waals surface area contributed by atoms with Crippen LogP contribution >= 0.6 is 0 Å². The van der Waals surface area contributed by atoms with E-state index in [1.54, 1.807) is 13.4 Å². The topological polar surface area (TPSA) is 83.8 Å². The van der Waals surface area contributed by atoms with E-state index in [-0.39, 0.29) is 5.92 Å². The lowest BCUT2D eigenvalue weighted by molar-refractivity contribution is 0.174. The highest BCUT2D eigenvalue weighted by atomic mass is 16.5. The number of ether oxygens (including phenoxy) is 1. The van der Waals surface area contributed by atoms with Crippen molar-refractivity contribution < 1.29 is 9.15 Å². The minimum Gasteiger partial charge on any atom is -0.443 e. The van der Waals surface area contributed by atoms with Gasteiger partial charge in [0.05, 0.1) is 23.6 Å². The molecule has 0 unspecified atom stereocenters. The van der Waals surface area contributed by atoms with Crippen molar-refractivity contribution in [2.24, 2.45) is 0 Å². The van der Waals surface area contributed by atoms with E-state index in [1.165, 1.54) is 0 Å². The van der Waals surface area contributed by atoms with E-state index in [1.807, 2.05) is 6.33 Å². The lowest BCUT2D eigenvalue weighted by Crippen LogP contribution is -2.09. The third-order valence-corrected chi connectivity index (χ3v) is 5.24. The van der Waals surface area contributed by atoms with Gasteiger partial charge in [0.1, 0.15) is 24.9 Å². The van der Waals surface area contributed by atoms with Crippen LogP contribution in [0.5, 0.6) is 0 Å². The summed E-state index contributed by atoms with van der Waals surface area (Å²) in [5, 5.41) is 8.83. The lowest BCUT2D eigenvalue weighted by atomic mass is 10.1. The molecule has 0 atom stereocenters. The molecule has 0 radical (unpaired) electrons. The van der Waals surface area contributed by atoms with E-state index in [0.717, 1.165) is 45.5 Å². The fourth-order valence-corrected chi connectivity index (χ4v) is 3.70. The highest BCUT2D eigenvalue weighted by Gasteiger charge is 2.28. The molecule has 4 aromatic rings. The predicted molar refractivity (Wildman–Crippen MR) is 107 cm³/mol. The Hall–Kier alpha value is -3.26. The van der Waals surface area contributed by atoms with Gasteiger partial charge in [-0.1, -0.05) is 25.5 Å². The first-order valence-electron chi connectivity index (χ1n) is 9.61. The van der Waals surface area contributed by atoms with Gasteiger partial charge >= 0.3 is 0 Å². The van der Waals surface area contributed by atoms with E-state index >= 15 is 0 Å². The van der Waals surface area contributed by atoms with Crippen LogP contribution in [0.15, 0.2) is 35.2 Å². The number of methoxy groups -OCH3 is 1. The molecule has 0 spiro atoms. The molecule has 0 bridgehead atoms. The Morgan fingerprint density at radius 3 is 2.86 bits per heavy atom. The van der Waals surface area contributed by atoms with Gasteiger partial charge in [-0.2, -0.15) is 0 Å². The minimum absolute atomic E-state index is 0.287. The highest BCUT2D eigenvalue weighted by Crippen LogP contribution is 2.35. The number of oxazole rings is 1. The molecule has 29 heavy (non-hydrogen) atoms. The van der Waals surface area contributed by atoms with Crippen LogP contribution in [0.2, 0.25) is 0 Å². The van der Waals surface area contributed by atoms with Gasteiger partial charge in [-0.3, -0.25) is 4.57 Å². The van der Waals surface area contributed by atoms with Crippen LogP contribution in [-0.4, -0.2) is 36.4 Å². The largest absolute Gasteiger partial charge is 0.443 e. The van der Waals surface area contributed by atoms with Crippen LogP contribution in [0.3, 0.4) is 0 Å². The number of benzene rings is 1. The SMILES string of the molecule is COCc1nnc2n1Cc1c(-c3nc(C(C)C)co3)ncn1-c1ccc(C)cc1-2. The Morgan fingerprint density at radius 1 is 1.24 bits per heavy atom. The van der Waals surface area contributed by atoms with Gasteiger partial charge in [0.25, 0.3) is 0 Å². The van der Waals surface area contributed by atoms with Crippen LogP contribution in [0.1, 0.15) is 42.5 Å².